The average molecular weight is 137 g/mol. The van der Waals surface area contributed by atoms with Crippen LogP contribution in [0.15, 0.2) is 0 Å². The summed E-state index contributed by atoms with van der Waals surface area (Å²) < 4.78 is 0. The van der Waals surface area contributed by atoms with Crippen LogP contribution in [0.25, 0.3) is 0 Å². The van der Waals surface area contributed by atoms with Crippen LogP contribution in [0.4, 0.5) is 0 Å². The van der Waals surface area contributed by atoms with Gasteiger partial charge in [0.05, 0.1) is 5.92 Å². The molecule has 1 saturated heterocycles. The van der Waals surface area contributed by atoms with E-state index in [1.807, 2.05) is 0 Å². The Kier molecular flexibility index (Phi) is 0.715. The quantitative estimate of drug-likeness (QED) is 0.485. The van der Waals surface area contributed by atoms with Crippen LogP contribution in [0.3, 0.4) is 0 Å². The molecule has 1 heterocycles. The number of fused-ring (bicyclic) bond motifs is 3. The Labute approximate surface area is 60.0 Å². The van der Waals surface area contributed by atoms with Crippen LogP contribution in [0.5, 0.6) is 0 Å². The van der Waals surface area contributed by atoms with Crippen LogP contribution >= 0.6 is 0 Å². The van der Waals surface area contributed by atoms with E-state index in [-0.39, 0.29) is 0 Å². The third-order valence-electron chi connectivity index (χ3n) is 3.37. The van der Waals surface area contributed by atoms with Crippen molar-refractivity contribution in [3.05, 3.63) is 0 Å². The zero-order valence-electron chi connectivity index (χ0n) is 5.84. The van der Waals surface area contributed by atoms with Crippen molar-refractivity contribution in [2.24, 2.45) is 17.8 Å². The summed E-state index contributed by atoms with van der Waals surface area (Å²) in [6, 6.07) is 0.603. The van der Waals surface area contributed by atoms with Crippen LogP contribution in [-0.4, -0.2) is 11.9 Å². The molecule has 0 radical (unpaired) electrons. The molecule has 0 bridgehead atoms. The molecule has 1 amide bonds. The summed E-state index contributed by atoms with van der Waals surface area (Å²) in [4.78, 5) is 10.9. The van der Waals surface area contributed by atoms with Crippen molar-refractivity contribution in [3.63, 3.8) is 0 Å². The van der Waals surface area contributed by atoms with Crippen LogP contribution in [-0.2, 0) is 4.79 Å². The molecule has 3 fully saturated rings. The molecule has 2 nitrogen and oxygen atoms in total. The zero-order chi connectivity index (χ0) is 6.72. The van der Waals surface area contributed by atoms with E-state index in [0.717, 1.165) is 18.3 Å². The fourth-order valence-electron chi connectivity index (χ4n) is 2.59. The third kappa shape index (κ3) is 0.446. The minimum Gasteiger partial charge on any atom is -0.352 e. The van der Waals surface area contributed by atoms with Crippen molar-refractivity contribution in [1.82, 2.24) is 5.32 Å². The normalized spacial score (nSPS) is 55.8. The van der Waals surface area contributed by atoms with Crippen molar-refractivity contribution in [1.29, 1.82) is 0 Å². The van der Waals surface area contributed by atoms with Crippen molar-refractivity contribution in [3.8, 4) is 0 Å². The lowest BCUT2D eigenvalue weighted by molar-refractivity contribution is -0.137. The van der Waals surface area contributed by atoms with E-state index in [9.17, 15) is 4.79 Å². The number of rotatable bonds is 0. The molecule has 1 N–H and O–H groups in total. The molecule has 2 aliphatic carbocycles. The topological polar surface area (TPSA) is 29.1 Å². The number of nitrogens with one attached hydrogen (secondary N) is 1. The Hall–Kier alpha value is -0.530. The first-order chi connectivity index (χ1) is 4.86. The van der Waals surface area contributed by atoms with Crippen molar-refractivity contribution < 1.29 is 4.79 Å². The minimum absolute atomic E-state index is 0.315. The van der Waals surface area contributed by atoms with Crippen LogP contribution in [0, 0.1) is 17.8 Å². The molecule has 2 saturated carbocycles. The molecule has 10 heavy (non-hydrogen) atoms. The molecular formula is C8H11NO. The van der Waals surface area contributed by atoms with Gasteiger partial charge in [-0.15, -0.1) is 0 Å². The minimum atomic E-state index is 0.315. The van der Waals surface area contributed by atoms with Gasteiger partial charge in [0, 0.05) is 6.04 Å². The lowest BCUT2D eigenvalue weighted by atomic mass is 9.78. The van der Waals surface area contributed by atoms with Gasteiger partial charge in [0.25, 0.3) is 0 Å². The standard InChI is InChI=1S/C8H11NO/c10-8-5-2-1-4-3-6(4)7(5)9-8/h4-7H,1-3H2,(H,9,10). The Bertz CT molecular complexity index is 201. The smallest absolute Gasteiger partial charge is 0.225 e. The molecule has 4 unspecified atom stereocenters. The maximum Gasteiger partial charge on any atom is 0.225 e. The molecule has 2 heteroatoms. The summed E-state index contributed by atoms with van der Waals surface area (Å²) in [6.07, 6.45) is 3.87. The van der Waals surface area contributed by atoms with E-state index in [1.54, 1.807) is 0 Å². The highest BCUT2D eigenvalue weighted by molar-refractivity contribution is 5.86. The van der Waals surface area contributed by atoms with Gasteiger partial charge in [0.15, 0.2) is 0 Å². The van der Waals surface area contributed by atoms with Crippen molar-refractivity contribution in [2.75, 3.05) is 0 Å². The molecular weight excluding hydrogens is 126 g/mol. The summed E-state index contributed by atoms with van der Waals surface area (Å²) in [6.45, 7) is 0. The van der Waals surface area contributed by atoms with Gasteiger partial charge >= 0.3 is 0 Å². The van der Waals surface area contributed by atoms with Gasteiger partial charge in [-0.3, -0.25) is 4.79 Å². The number of carbonyl (C=O) groups is 1. The summed E-state index contributed by atoms with van der Waals surface area (Å²) in [5.74, 6) is 2.61. The number of hydrogen-bond acceptors (Lipinski definition) is 1. The van der Waals surface area contributed by atoms with Gasteiger partial charge < -0.3 is 5.32 Å². The fourth-order valence-corrected chi connectivity index (χ4v) is 2.59. The fraction of sp³-hybridized carbons (Fsp3) is 0.875. The second-order valence-corrected chi connectivity index (χ2v) is 3.88. The molecule has 0 aromatic rings. The van der Waals surface area contributed by atoms with Crippen molar-refractivity contribution >= 4 is 5.91 Å². The summed E-state index contributed by atoms with van der Waals surface area (Å²) in [5.41, 5.74) is 0. The summed E-state index contributed by atoms with van der Waals surface area (Å²) in [5, 5.41) is 3.00. The highest BCUT2D eigenvalue weighted by Crippen LogP contribution is 2.53. The lowest BCUT2D eigenvalue weighted by Crippen LogP contribution is -2.60. The molecule has 0 aromatic heterocycles. The molecule has 0 spiro atoms. The first-order valence-electron chi connectivity index (χ1n) is 4.16. The number of hydrogen-bond donors (Lipinski definition) is 1. The molecule has 0 aromatic carbocycles. The highest BCUT2D eigenvalue weighted by Gasteiger charge is 2.56. The highest BCUT2D eigenvalue weighted by atomic mass is 16.2. The van der Waals surface area contributed by atoms with E-state index in [4.69, 9.17) is 0 Å². The maximum absolute atomic E-state index is 10.9. The van der Waals surface area contributed by atoms with Crippen LogP contribution in [0.1, 0.15) is 19.3 Å². The Morgan fingerprint density at radius 2 is 2.30 bits per heavy atom. The Morgan fingerprint density at radius 3 is 3.10 bits per heavy atom. The third-order valence-corrected chi connectivity index (χ3v) is 3.37. The predicted molar refractivity (Wildman–Crippen MR) is 36.3 cm³/mol. The first kappa shape index (κ1) is 5.16. The Balaban J connectivity index is 1.84. The number of carbonyl (C=O) groups excluding carboxylic acids is 1. The summed E-state index contributed by atoms with van der Waals surface area (Å²) >= 11 is 0. The number of amides is 1. The molecule has 3 rings (SSSR count). The van der Waals surface area contributed by atoms with E-state index in [0.29, 0.717) is 17.9 Å². The second-order valence-electron chi connectivity index (χ2n) is 3.88. The predicted octanol–water partition coefficient (Wildman–Crippen LogP) is 0.531. The molecule has 54 valence electrons. The van der Waals surface area contributed by atoms with Gasteiger partial charge in [-0.1, -0.05) is 0 Å². The van der Waals surface area contributed by atoms with E-state index in [2.05, 4.69) is 5.32 Å². The Morgan fingerprint density at radius 1 is 1.40 bits per heavy atom. The van der Waals surface area contributed by atoms with Gasteiger partial charge in [-0.05, 0) is 31.1 Å². The maximum atomic E-state index is 10.9. The van der Waals surface area contributed by atoms with Crippen molar-refractivity contribution in [2.45, 2.75) is 25.3 Å². The average Bonchev–Trinajstić information content (AvgIpc) is 2.63. The van der Waals surface area contributed by atoms with E-state index < -0.39 is 0 Å². The monoisotopic (exact) mass is 137 g/mol. The zero-order valence-corrected chi connectivity index (χ0v) is 5.84. The van der Waals surface area contributed by atoms with Gasteiger partial charge in [-0.2, -0.15) is 0 Å². The van der Waals surface area contributed by atoms with Gasteiger partial charge in [0.2, 0.25) is 5.91 Å². The second kappa shape index (κ2) is 1.39. The van der Waals surface area contributed by atoms with E-state index >= 15 is 0 Å². The lowest BCUT2D eigenvalue weighted by Gasteiger charge is -2.40. The molecule has 1 aliphatic heterocycles. The SMILES string of the molecule is O=C1NC2C1CCC1CC12. The first-order valence-corrected chi connectivity index (χ1v) is 4.16. The largest absolute Gasteiger partial charge is 0.352 e. The number of β-lactam (4-membered cyclic amide) rings is 1. The van der Waals surface area contributed by atoms with Gasteiger partial charge in [0.1, 0.15) is 0 Å². The molecule has 3 aliphatic rings. The summed E-state index contributed by atoms with van der Waals surface area (Å²) in [7, 11) is 0. The van der Waals surface area contributed by atoms with Crippen LogP contribution < -0.4 is 5.32 Å². The van der Waals surface area contributed by atoms with Gasteiger partial charge in [-0.25, -0.2) is 0 Å². The van der Waals surface area contributed by atoms with Crippen LogP contribution in [0.2, 0.25) is 0 Å². The molecule has 4 atom stereocenters. The van der Waals surface area contributed by atoms with E-state index in [1.165, 1.54) is 12.8 Å².